The summed E-state index contributed by atoms with van der Waals surface area (Å²) in [5.41, 5.74) is 1.09. The molecule has 1 aliphatic carbocycles. The van der Waals surface area contributed by atoms with Gasteiger partial charge in [-0.1, -0.05) is 6.08 Å². The highest BCUT2D eigenvalue weighted by molar-refractivity contribution is 5.07. The molecule has 0 fully saturated rings. The van der Waals surface area contributed by atoms with E-state index in [1.54, 1.807) is 0 Å². The van der Waals surface area contributed by atoms with Crippen molar-refractivity contribution >= 4 is 0 Å². The van der Waals surface area contributed by atoms with Crippen molar-refractivity contribution < 1.29 is 10.2 Å². The summed E-state index contributed by atoms with van der Waals surface area (Å²) in [6.45, 7) is 0.389. The molecule has 0 amide bonds. The predicted molar refractivity (Wildman–Crippen MR) is 39.6 cm³/mol. The lowest BCUT2D eigenvalue weighted by atomic mass is 9.91. The second-order valence-electron chi connectivity index (χ2n) is 2.82. The Kier molecular flexibility index (Phi) is 2.90. The second-order valence-corrected chi connectivity index (χ2v) is 2.82. The predicted octanol–water partition coefficient (Wildman–Crippen LogP) is 0.698. The minimum atomic E-state index is 0.163. The minimum Gasteiger partial charge on any atom is -0.396 e. The fraction of sp³-hybridized carbons (Fsp3) is 0.750. The maximum absolute atomic E-state index is 8.78. The third-order valence-electron chi connectivity index (χ3n) is 1.98. The molecule has 10 heavy (non-hydrogen) atoms. The Hall–Kier alpha value is -0.340. The molecule has 1 unspecified atom stereocenters. The Morgan fingerprint density at radius 1 is 1.50 bits per heavy atom. The molecule has 0 saturated carbocycles. The van der Waals surface area contributed by atoms with Crippen LogP contribution in [0, 0.1) is 5.92 Å². The fourth-order valence-corrected chi connectivity index (χ4v) is 1.37. The van der Waals surface area contributed by atoms with Crippen LogP contribution >= 0.6 is 0 Å². The Balaban J connectivity index is 2.48. The van der Waals surface area contributed by atoms with Gasteiger partial charge in [0, 0.05) is 12.5 Å². The summed E-state index contributed by atoms with van der Waals surface area (Å²) in [6.07, 6.45) is 5.19. The maximum atomic E-state index is 8.78. The second kappa shape index (κ2) is 3.74. The molecule has 0 aromatic carbocycles. The number of hydrogen-bond acceptors (Lipinski definition) is 2. The topological polar surface area (TPSA) is 40.5 Å². The van der Waals surface area contributed by atoms with Crippen LogP contribution in [0.2, 0.25) is 0 Å². The lowest BCUT2D eigenvalue weighted by molar-refractivity contribution is 0.235. The molecule has 0 heterocycles. The van der Waals surface area contributed by atoms with E-state index in [4.69, 9.17) is 10.2 Å². The highest BCUT2D eigenvalue weighted by atomic mass is 16.3. The largest absolute Gasteiger partial charge is 0.396 e. The summed E-state index contributed by atoms with van der Waals surface area (Å²) in [5, 5.41) is 17.5. The van der Waals surface area contributed by atoms with Gasteiger partial charge in [-0.25, -0.2) is 0 Å². The standard InChI is InChI=1S/C8H14O2/c9-5-7-2-1-3-8(4-7)6-10/h4,7,9-10H,1-3,5-6H2. The van der Waals surface area contributed by atoms with Gasteiger partial charge in [0.05, 0.1) is 6.61 Å². The number of rotatable bonds is 2. The van der Waals surface area contributed by atoms with Crippen molar-refractivity contribution in [3.05, 3.63) is 11.6 Å². The first kappa shape index (κ1) is 7.76. The maximum Gasteiger partial charge on any atom is 0.0641 e. The zero-order chi connectivity index (χ0) is 7.40. The van der Waals surface area contributed by atoms with Crippen molar-refractivity contribution in [3.63, 3.8) is 0 Å². The van der Waals surface area contributed by atoms with Crippen LogP contribution in [0.3, 0.4) is 0 Å². The molecule has 58 valence electrons. The van der Waals surface area contributed by atoms with E-state index in [0.717, 1.165) is 24.8 Å². The zero-order valence-corrected chi connectivity index (χ0v) is 6.08. The molecule has 0 aliphatic heterocycles. The van der Waals surface area contributed by atoms with E-state index in [2.05, 4.69) is 0 Å². The summed E-state index contributed by atoms with van der Waals surface area (Å²) in [5.74, 6) is 0.302. The smallest absolute Gasteiger partial charge is 0.0641 e. The summed E-state index contributed by atoms with van der Waals surface area (Å²) < 4.78 is 0. The summed E-state index contributed by atoms with van der Waals surface area (Å²) in [7, 11) is 0. The third kappa shape index (κ3) is 1.82. The SMILES string of the molecule is OCC1=CC(CO)CCC1. The quantitative estimate of drug-likeness (QED) is 0.557. The van der Waals surface area contributed by atoms with Gasteiger partial charge in [-0.2, -0.15) is 0 Å². The highest BCUT2D eigenvalue weighted by Gasteiger charge is 2.11. The first-order valence-electron chi connectivity index (χ1n) is 3.78. The van der Waals surface area contributed by atoms with E-state index in [1.165, 1.54) is 0 Å². The van der Waals surface area contributed by atoms with Crippen molar-refractivity contribution in [3.8, 4) is 0 Å². The molecule has 2 N–H and O–H groups in total. The van der Waals surface area contributed by atoms with Crippen molar-refractivity contribution in [1.29, 1.82) is 0 Å². The van der Waals surface area contributed by atoms with Crippen molar-refractivity contribution in [2.24, 2.45) is 5.92 Å². The van der Waals surface area contributed by atoms with Crippen LogP contribution in [-0.2, 0) is 0 Å². The number of aliphatic hydroxyl groups excluding tert-OH is 2. The molecule has 1 aliphatic rings. The lowest BCUT2D eigenvalue weighted by Gasteiger charge is -2.17. The van der Waals surface area contributed by atoms with Crippen molar-refractivity contribution in [1.82, 2.24) is 0 Å². The summed E-state index contributed by atoms with van der Waals surface area (Å²) in [6, 6.07) is 0. The van der Waals surface area contributed by atoms with Gasteiger partial charge in [-0.05, 0) is 24.8 Å². The van der Waals surface area contributed by atoms with E-state index >= 15 is 0 Å². The summed E-state index contributed by atoms with van der Waals surface area (Å²) in [4.78, 5) is 0. The van der Waals surface area contributed by atoms with Gasteiger partial charge in [-0.15, -0.1) is 0 Å². The van der Waals surface area contributed by atoms with Crippen molar-refractivity contribution in [2.45, 2.75) is 19.3 Å². The van der Waals surface area contributed by atoms with Crippen LogP contribution in [-0.4, -0.2) is 23.4 Å². The number of aliphatic hydroxyl groups is 2. The minimum absolute atomic E-state index is 0.163. The molecule has 0 radical (unpaired) electrons. The third-order valence-corrected chi connectivity index (χ3v) is 1.98. The number of hydrogen-bond donors (Lipinski definition) is 2. The first-order chi connectivity index (χ1) is 4.86. The Labute approximate surface area is 61.2 Å². The van der Waals surface area contributed by atoms with Gasteiger partial charge >= 0.3 is 0 Å². The Morgan fingerprint density at radius 3 is 2.90 bits per heavy atom. The molecular weight excluding hydrogens is 128 g/mol. The van der Waals surface area contributed by atoms with E-state index in [9.17, 15) is 0 Å². The van der Waals surface area contributed by atoms with Gasteiger partial charge in [0.25, 0.3) is 0 Å². The summed E-state index contributed by atoms with van der Waals surface area (Å²) >= 11 is 0. The molecule has 2 heteroatoms. The van der Waals surface area contributed by atoms with Crippen LogP contribution in [0.15, 0.2) is 11.6 Å². The Bertz CT molecular complexity index is 129. The molecule has 0 spiro atoms. The van der Waals surface area contributed by atoms with Crippen LogP contribution in [0.4, 0.5) is 0 Å². The fourth-order valence-electron chi connectivity index (χ4n) is 1.37. The average molecular weight is 142 g/mol. The molecule has 0 bridgehead atoms. The van der Waals surface area contributed by atoms with E-state index < -0.39 is 0 Å². The Morgan fingerprint density at radius 2 is 2.30 bits per heavy atom. The first-order valence-corrected chi connectivity index (χ1v) is 3.78. The highest BCUT2D eigenvalue weighted by Crippen LogP contribution is 2.21. The van der Waals surface area contributed by atoms with Crippen LogP contribution in [0.1, 0.15) is 19.3 Å². The molecule has 2 nitrogen and oxygen atoms in total. The van der Waals surface area contributed by atoms with Gasteiger partial charge in [0.15, 0.2) is 0 Å². The van der Waals surface area contributed by atoms with Crippen LogP contribution in [0.25, 0.3) is 0 Å². The van der Waals surface area contributed by atoms with Gasteiger partial charge in [0.2, 0.25) is 0 Å². The molecule has 0 aromatic rings. The van der Waals surface area contributed by atoms with Gasteiger partial charge < -0.3 is 10.2 Å². The molecule has 1 rings (SSSR count). The van der Waals surface area contributed by atoms with Crippen molar-refractivity contribution in [2.75, 3.05) is 13.2 Å². The van der Waals surface area contributed by atoms with Gasteiger partial charge in [-0.3, -0.25) is 0 Å². The normalized spacial score (nSPS) is 26.2. The van der Waals surface area contributed by atoms with E-state index in [-0.39, 0.29) is 13.2 Å². The zero-order valence-electron chi connectivity index (χ0n) is 6.08. The van der Waals surface area contributed by atoms with E-state index in [1.807, 2.05) is 6.08 Å². The van der Waals surface area contributed by atoms with Crippen LogP contribution in [0.5, 0.6) is 0 Å². The van der Waals surface area contributed by atoms with E-state index in [0.29, 0.717) is 5.92 Å². The lowest BCUT2D eigenvalue weighted by Crippen LogP contribution is -2.09. The average Bonchev–Trinajstić information content (AvgIpc) is 2.05. The van der Waals surface area contributed by atoms with Gasteiger partial charge in [0.1, 0.15) is 0 Å². The molecular formula is C8H14O2. The molecule has 0 aromatic heterocycles. The van der Waals surface area contributed by atoms with Crippen LogP contribution < -0.4 is 0 Å². The molecule has 1 atom stereocenters. The monoisotopic (exact) mass is 142 g/mol. The molecule has 0 saturated heterocycles.